The molecule has 5 heteroatoms. The Kier molecular flexibility index (Phi) is 13.3. The number of carboxylic acids is 1. The number of benzene rings is 1. The van der Waals surface area contributed by atoms with Crippen molar-refractivity contribution in [2.45, 2.75) is 71.1 Å². The van der Waals surface area contributed by atoms with E-state index in [-0.39, 0.29) is 12.3 Å². The average Bonchev–Trinajstić information content (AvgIpc) is 2.69. The molecular formula is C23H35NO4. The third-order valence-corrected chi connectivity index (χ3v) is 4.41. The normalized spacial score (nSPS) is 10.9. The highest BCUT2D eigenvalue weighted by molar-refractivity contribution is 5.92. The first-order valence-electron chi connectivity index (χ1n) is 10.5. The molecule has 0 fully saturated rings. The summed E-state index contributed by atoms with van der Waals surface area (Å²) in [6.07, 6.45) is 13.1. The minimum absolute atomic E-state index is 0.0799. The maximum Gasteiger partial charge on any atom is 0.303 e. The third-order valence-electron chi connectivity index (χ3n) is 4.41. The summed E-state index contributed by atoms with van der Waals surface area (Å²) in [5.74, 6) is 0.0195. The van der Waals surface area contributed by atoms with Gasteiger partial charge in [-0.05, 0) is 31.4 Å². The van der Waals surface area contributed by atoms with E-state index in [4.69, 9.17) is 9.84 Å². The van der Waals surface area contributed by atoms with E-state index in [1.54, 1.807) is 12.2 Å². The Morgan fingerprint density at radius 1 is 1.00 bits per heavy atom. The lowest BCUT2D eigenvalue weighted by Gasteiger charge is -2.07. The molecule has 5 nitrogen and oxygen atoms in total. The second-order valence-electron chi connectivity index (χ2n) is 6.98. The fourth-order valence-electron chi connectivity index (χ4n) is 2.86. The van der Waals surface area contributed by atoms with Crippen molar-refractivity contribution in [2.24, 2.45) is 0 Å². The number of unbranched alkanes of at least 4 members (excludes halogenated alkanes) is 7. The lowest BCUT2D eigenvalue weighted by molar-refractivity contribution is -0.137. The van der Waals surface area contributed by atoms with Crippen LogP contribution in [0.5, 0.6) is 5.75 Å². The summed E-state index contributed by atoms with van der Waals surface area (Å²) in [5.41, 5.74) is 0.912. The van der Waals surface area contributed by atoms with Gasteiger partial charge in [0.15, 0.2) is 0 Å². The van der Waals surface area contributed by atoms with Crippen molar-refractivity contribution >= 4 is 18.0 Å². The smallest absolute Gasteiger partial charge is 0.303 e. The van der Waals surface area contributed by atoms with Gasteiger partial charge in [0, 0.05) is 24.6 Å². The molecule has 0 spiro atoms. The van der Waals surface area contributed by atoms with E-state index < -0.39 is 5.97 Å². The van der Waals surface area contributed by atoms with E-state index in [2.05, 4.69) is 12.2 Å². The first-order valence-corrected chi connectivity index (χ1v) is 10.5. The van der Waals surface area contributed by atoms with E-state index in [1.807, 2.05) is 24.3 Å². The van der Waals surface area contributed by atoms with Crippen molar-refractivity contribution in [2.75, 3.05) is 13.2 Å². The Hall–Kier alpha value is -2.30. The van der Waals surface area contributed by atoms with E-state index in [9.17, 15) is 9.59 Å². The van der Waals surface area contributed by atoms with Gasteiger partial charge in [0.1, 0.15) is 5.75 Å². The maximum atomic E-state index is 11.9. The first-order chi connectivity index (χ1) is 13.6. The van der Waals surface area contributed by atoms with Crippen molar-refractivity contribution in [1.29, 1.82) is 0 Å². The molecule has 156 valence electrons. The molecule has 0 aliphatic rings. The number of aliphatic carboxylic acids is 1. The number of rotatable bonds is 16. The van der Waals surface area contributed by atoms with Crippen LogP contribution in [0.4, 0.5) is 0 Å². The number of para-hydroxylation sites is 1. The standard InChI is InChI=1S/C23H35NO4/c1-2-19-28-21-14-11-10-13-20(21)16-17-22(25)24-18-12-8-6-4-3-5-7-9-15-23(26)27/h10-11,13-14,16-17H,2-9,12,15,18-19H2,1H3,(H,24,25)(H,26,27)/b17-16+. The highest BCUT2D eigenvalue weighted by Crippen LogP contribution is 2.19. The van der Waals surface area contributed by atoms with Crippen molar-refractivity contribution < 1.29 is 19.4 Å². The van der Waals surface area contributed by atoms with Crippen LogP contribution < -0.4 is 10.1 Å². The molecule has 0 aliphatic heterocycles. The van der Waals surface area contributed by atoms with Crippen LogP contribution in [0.2, 0.25) is 0 Å². The summed E-state index contributed by atoms with van der Waals surface area (Å²) >= 11 is 0. The summed E-state index contributed by atoms with van der Waals surface area (Å²) in [4.78, 5) is 22.4. The zero-order valence-electron chi connectivity index (χ0n) is 17.1. The zero-order chi connectivity index (χ0) is 20.5. The molecule has 0 aliphatic carbocycles. The number of hydrogen-bond acceptors (Lipinski definition) is 3. The molecule has 0 saturated heterocycles. The topological polar surface area (TPSA) is 75.6 Å². The summed E-state index contributed by atoms with van der Waals surface area (Å²) in [6.45, 7) is 3.42. The number of carbonyl (C=O) groups excluding carboxylic acids is 1. The quantitative estimate of drug-likeness (QED) is 0.301. The highest BCUT2D eigenvalue weighted by atomic mass is 16.5. The van der Waals surface area contributed by atoms with Crippen molar-refractivity contribution in [3.8, 4) is 5.75 Å². The highest BCUT2D eigenvalue weighted by Gasteiger charge is 2.01. The molecule has 0 bridgehead atoms. The van der Waals surface area contributed by atoms with Gasteiger partial charge in [0.05, 0.1) is 6.61 Å². The fraction of sp³-hybridized carbons (Fsp3) is 0.565. The minimum atomic E-state index is -0.703. The Labute approximate surface area is 169 Å². The Morgan fingerprint density at radius 2 is 1.64 bits per heavy atom. The molecule has 1 rings (SSSR count). The lowest BCUT2D eigenvalue weighted by atomic mass is 10.1. The number of ether oxygens (including phenoxy) is 1. The van der Waals surface area contributed by atoms with E-state index in [0.29, 0.717) is 13.2 Å². The van der Waals surface area contributed by atoms with E-state index in [0.717, 1.165) is 62.7 Å². The first kappa shape index (κ1) is 23.7. The van der Waals surface area contributed by atoms with Gasteiger partial charge in [-0.3, -0.25) is 9.59 Å². The summed E-state index contributed by atoms with van der Waals surface area (Å²) in [5, 5.41) is 11.5. The zero-order valence-corrected chi connectivity index (χ0v) is 17.1. The third kappa shape index (κ3) is 12.2. The van der Waals surface area contributed by atoms with Crippen molar-refractivity contribution in [1.82, 2.24) is 5.32 Å². The molecule has 0 unspecified atom stereocenters. The largest absolute Gasteiger partial charge is 0.493 e. The van der Waals surface area contributed by atoms with Crippen LogP contribution in [0.1, 0.15) is 76.7 Å². The van der Waals surface area contributed by atoms with Crippen LogP contribution in [-0.2, 0) is 9.59 Å². The van der Waals surface area contributed by atoms with Gasteiger partial charge in [-0.15, -0.1) is 0 Å². The van der Waals surface area contributed by atoms with Gasteiger partial charge in [0.25, 0.3) is 0 Å². The Bertz CT molecular complexity index is 598. The molecule has 2 N–H and O–H groups in total. The second kappa shape index (κ2) is 15.7. The monoisotopic (exact) mass is 389 g/mol. The van der Waals surface area contributed by atoms with Gasteiger partial charge in [-0.25, -0.2) is 0 Å². The number of carbonyl (C=O) groups is 2. The Morgan fingerprint density at radius 3 is 2.32 bits per heavy atom. The molecular weight excluding hydrogens is 354 g/mol. The second-order valence-corrected chi connectivity index (χ2v) is 6.98. The molecule has 0 heterocycles. The maximum absolute atomic E-state index is 11.9. The SMILES string of the molecule is CCCOc1ccccc1/C=C/C(=O)NCCCCCCCCCCC(=O)O. The van der Waals surface area contributed by atoms with Gasteiger partial charge >= 0.3 is 5.97 Å². The lowest BCUT2D eigenvalue weighted by Crippen LogP contribution is -2.21. The number of hydrogen-bond donors (Lipinski definition) is 2. The molecule has 0 aromatic heterocycles. The molecule has 28 heavy (non-hydrogen) atoms. The van der Waals surface area contributed by atoms with Crippen molar-refractivity contribution in [3.05, 3.63) is 35.9 Å². The van der Waals surface area contributed by atoms with Gasteiger partial charge in [0.2, 0.25) is 5.91 Å². The molecule has 0 atom stereocenters. The fourth-order valence-corrected chi connectivity index (χ4v) is 2.86. The predicted molar refractivity (Wildman–Crippen MR) is 113 cm³/mol. The van der Waals surface area contributed by atoms with Gasteiger partial charge < -0.3 is 15.2 Å². The molecule has 1 aromatic rings. The molecule has 0 radical (unpaired) electrons. The molecule has 1 amide bonds. The van der Waals surface area contributed by atoms with Crippen LogP contribution >= 0.6 is 0 Å². The van der Waals surface area contributed by atoms with E-state index >= 15 is 0 Å². The minimum Gasteiger partial charge on any atom is -0.493 e. The number of nitrogens with one attached hydrogen (secondary N) is 1. The van der Waals surface area contributed by atoms with Gasteiger partial charge in [-0.1, -0.05) is 63.6 Å². The summed E-state index contributed by atoms with van der Waals surface area (Å²) in [7, 11) is 0. The van der Waals surface area contributed by atoms with Crippen LogP contribution in [0.3, 0.4) is 0 Å². The van der Waals surface area contributed by atoms with Gasteiger partial charge in [-0.2, -0.15) is 0 Å². The summed E-state index contributed by atoms with van der Waals surface area (Å²) in [6, 6.07) is 7.72. The van der Waals surface area contributed by atoms with Crippen LogP contribution in [0.25, 0.3) is 6.08 Å². The van der Waals surface area contributed by atoms with Crippen molar-refractivity contribution in [3.63, 3.8) is 0 Å². The average molecular weight is 390 g/mol. The van der Waals surface area contributed by atoms with Crippen LogP contribution in [0.15, 0.2) is 30.3 Å². The number of carboxylic acid groups (broad SMARTS) is 1. The van der Waals surface area contributed by atoms with Crippen LogP contribution in [-0.4, -0.2) is 30.1 Å². The summed E-state index contributed by atoms with van der Waals surface area (Å²) < 4.78 is 5.69. The number of amides is 1. The Balaban J connectivity index is 2.08. The predicted octanol–water partition coefficient (Wildman–Crippen LogP) is 5.20. The van der Waals surface area contributed by atoms with E-state index in [1.165, 1.54) is 6.42 Å². The molecule has 1 aromatic carbocycles. The molecule has 0 saturated carbocycles. The van der Waals surface area contributed by atoms with Crippen LogP contribution in [0, 0.1) is 0 Å².